The molecule has 2 aliphatic rings. The summed E-state index contributed by atoms with van der Waals surface area (Å²) in [5.74, 6) is 0.599. The molecule has 2 fully saturated rings. The summed E-state index contributed by atoms with van der Waals surface area (Å²) in [7, 11) is -2.78. The van der Waals surface area contributed by atoms with E-state index in [1.165, 1.54) is 25.8 Å². The first-order valence-corrected chi connectivity index (χ1v) is 8.61. The van der Waals surface area contributed by atoms with Crippen LogP contribution in [0.3, 0.4) is 0 Å². The summed E-state index contributed by atoms with van der Waals surface area (Å²) in [4.78, 5) is 2.57. The van der Waals surface area contributed by atoms with Crippen LogP contribution in [0.5, 0.6) is 0 Å². The van der Waals surface area contributed by atoms with Crippen LogP contribution >= 0.6 is 0 Å². The number of nitrogens with zero attached hydrogens (tertiary/aromatic N) is 1. The standard InChI is InChI=1S/C12H24N2O2S/c1-2-17(15,16)9-3-7-13-11-6-8-14(10-11)12-4-5-12/h11-13H,2-10H2,1H3. The van der Waals surface area contributed by atoms with E-state index in [1.807, 2.05) is 0 Å². The summed E-state index contributed by atoms with van der Waals surface area (Å²) in [6.07, 6.45) is 4.72. The molecule has 1 saturated carbocycles. The molecule has 1 aliphatic heterocycles. The van der Waals surface area contributed by atoms with E-state index < -0.39 is 9.84 Å². The third-order valence-electron chi connectivity index (χ3n) is 3.79. The number of nitrogens with one attached hydrogen (secondary N) is 1. The minimum atomic E-state index is -2.78. The lowest BCUT2D eigenvalue weighted by molar-refractivity contribution is 0.317. The third kappa shape index (κ3) is 4.23. The lowest BCUT2D eigenvalue weighted by Gasteiger charge is -2.15. The zero-order valence-corrected chi connectivity index (χ0v) is 11.5. The molecular formula is C12H24N2O2S. The number of sulfone groups is 1. The predicted octanol–water partition coefficient (Wildman–Crippen LogP) is 0.638. The molecule has 0 amide bonds. The quantitative estimate of drug-likeness (QED) is 0.682. The highest BCUT2D eigenvalue weighted by Gasteiger charge is 2.33. The van der Waals surface area contributed by atoms with Gasteiger partial charge >= 0.3 is 0 Å². The van der Waals surface area contributed by atoms with E-state index >= 15 is 0 Å². The second kappa shape index (κ2) is 5.67. The maximum Gasteiger partial charge on any atom is 0.150 e. The van der Waals surface area contributed by atoms with E-state index in [0.717, 1.165) is 25.6 Å². The van der Waals surface area contributed by atoms with E-state index in [4.69, 9.17) is 0 Å². The molecule has 100 valence electrons. The summed E-state index contributed by atoms with van der Waals surface area (Å²) < 4.78 is 22.6. The van der Waals surface area contributed by atoms with Gasteiger partial charge in [0.05, 0.1) is 5.75 Å². The SMILES string of the molecule is CCS(=O)(=O)CCCNC1CCN(C2CC2)C1. The Labute approximate surface area is 105 Å². The molecule has 4 nitrogen and oxygen atoms in total. The molecule has 0 bridgehead atoms. The Bertz CT molecular complexity index is 338. The van der Waals surface area contributed by atoms with E-state index in [2.05, 4.69) is 10.2 Å². The third-order valence-corrected chi connectivity index (χ3v) is 5.58. The van der Waals surface area contributed by atoms with Crippen molar-refractivity contribution in [2.45, 2.75) is 44.7 Å². The van der Waals surface area contributed by atoms with Gasteiger partial charge in [0.15, 0.2) is 0 Å². The summed E-state index contributed by atoms with van der Waals surface area (Å²) in [5.41, 5.74) is 0. The Morgan fingerprint density at radius 3 is 2.71 bits per heavy atom. The lowest BCUT2D eigenvalue weighted by atomic mass is 10.2. The molecule has 0 spiro atoms. The molecule has 1 atom stereocenters. The van der Waals surface area contributed by atoms with Crippen LogP contribution in [0.1, 0.15) is 32.6 Å². The zero-order chi connectivity index (χ0) is 12.3. The zero-order valence-electron chi connectivity index (χ0n) is 10.7. The average molecular weight is 260 g/mol. The lowest BCUT2D eigenvalue weighted by Crippen LogP contribution is -2.34. The topological polar surface area (TPSA) is 49.4 Å². The highest BCUT2D eigenvalue weighted by molar-refractivity contribution is 7.91. The summed E-state index contributed by atoms with van der Waals surface area (Å²) in [6.45, 7) is 4.93. The minimum Gasteiger partial charge on any atom is -0.313 e. The van der Waals surface area contributed by atoms with Crippen LogP contribution in [-0.2, 0) is 9.84 Å². The van der Waals surface area contributed by atoms with Crippen LogP contribution in [0.15, 0.2) is 0 Å². The van der Waals surface area contributed by atoms with Gasteiger partial charge < -0.3 is 5.32 Å². The van der Waals surface area contributed by atoms with Crippen molar-refractivity contribution in [2.75, 3.05) is 31.1 Å². The molecule has 0 radical (unpaired) electrons. The van der Waals surface area contributed by atoms with Crippen molar-refractivity contribution in [3.05, 3.63) is 0 Å². The monoisotopic (exact) mass is 260 g/mol. The number of hydrogen-bond acceptors (Lipinski definition) is 4. The minimum absolute atomic E-state index is 0.270. The predicted molar refractivity (Wildman–Crippen MR) is 69.9 cm³/mol. The fourth-order valence-electron chi connectivity index (χ4n) is 2.47. The first kappa shape index (κ1) is 13.3. The van der Waals surface area contributed by atoms with Crippen LogP contribution < -0.4 is 5.32 Å². The molecule has 1 saturated heterocycles. The summed E-state index contributed by atoms with van der Waals surface area (Å²) >= 11 is 0. The molecule has 0 aromatic rings. The van der Waals surface area contributed by atoms with Crippen molar-refractivity contribution in [3.8, 4) is 0 Å². The van der Waals surface area contributed by atoms with Gasteiger partial charge in [-0.3, -0.25) is 4.90 Å². The molecule has 5 heteroatoms. The molecule has 1 N–H and O–H groups in total. The molecule has 17 heavy (non-hydrogen) atoms. The van der Waals surface area contributed by atoms with Gasteiger partial charge in [-0.05, 0) is 32.2 Å². The van der Waals surface area contributed by atoms with E-state index in [1.54, 1.807) is 6.92 Å². The fraction of sp³-hybridized carbons (Fsp3) is 1.00. The molecule has 1 unspecified atom stereocenters. The first-order valence-electron chi connectivity index (χ1n) is 6.78. The van der Waals surface area contributed by atoms with Gasteiger partial charge in [0.25, 0.3) is 0 Å². The van der Waals surface area contributed by atoms with E-state index in [9.17, 15) is 8.42 Å². The maximum absolute atomic E-state index is 11.3. The van der Waals surface area contributed by atoms with Crippen LogP contribution in [-0.4, -0.2) is 56.5 Å². The van der Waals surface area contributed by atoms with E-state index in [-0.39, 0.29) is 5.75 Å². The van der Waals surface area contributed by atoms with Crippen molar-refractivity contribution in [3.63, 3.8) is 0 Å². The normalized spacial score (nSPS) is 26.5. The van der Waals surface area contributed by atoms with Crippen molar-refractivity contribution in [2.24, 2.45) is 0 Å². The highest BCUT2D eigenvalue weighted by atomic mass is 32.2. The highest BCUT2D eigenvalue weighted by Crippen LogP contribution is 2.29. The van der Waals surface area contributed by atoms with Crippen LogP contribution in [0.2, 0.25) is 0 Å². The molecule has 0 aromatic carbocycles. The average Bonchev–Trinajstić information content (AvgIpc) is 3.05. The first-order chi connectivity index (χ1) is 8.11. The maximum atomic E-state index is 11.3. The van der Waals surface area contributed by atoms with Gasteiger partial charge in [-0.25, -0.2) is 8.42 Å². The van der Waals surface area contributed by atoms with Gasteiger partial charge in [-0.2, -0.15) is 0 Å². The van der Waals surface area contributed by atoms with Crippen molar-refractivity contribution < 1.29 is 8.42 Å². The van der Waals surface area contributed by atoms with Gasteiger partial charge in [0.1, 0.15) is 9.84 Å². The molecule has 1 heterocycles. The van der Waals surface area contributed by atoms with Gasteiger partial charge in [-0.15, -0.1) is 0 Å². The van der Waals surface area contributed by atoms with Gasteiger partial charge in [0, 0.05) is 30.9 Å². The second-order valence-corrected chi connectivity index (χ2v) is 7.73. The molecular weight excluding hydrogens is 236 g/mol. The Kier molecular flexibility index (Phi) is 4.44. The van der Waals surface area contributed by atoms with Gasteiger partial charge in [-0.1, -0.05) is 6.92 Å². The summed E-state index contributed by atoms with van der Waals surface area (Å²) in [6, 6.07) is 1.45. The molecule has 0 aromatic heterocycles. The second-order valence-electron chi connectivity index (χ2n) is 5.26. The molecule has 1 aliphatic carbocycles. The smallest absolute Gasteiger partial charge is 0.150 e. The van der Waals surface area contributed by atoms with Crippen molar-refractivity contribution in [1.82, 2.24) is 10.2 Å². The van der Waals surface area contributed by atoms with Crippen LogP contribution in [0.4, 0.5) is 0 Å². The van der Waals surface area contributed by atoms with Gasteiger partial charge in [0.2, 0.25) is 0 Å². The Hall–Kier alpha value is -0.130. The number of hydrogen-bond donors (Lipinski definition) is 1. The number of likely N-dealkylation sites (tertiary alicyclic amines) is 1. The van der Waals surface area contributed by atoms with Crippen LogP contribution in [0, 0.1) is 0 Å². The van der Waals surface area contributed by atoms with E-state index in [0.29, 0.717) is 11.8 Å². The number of rotatable bonds is 7. The Balaban J connectivity index is 1.57. The van der Waals surface area contributed by atoms with Crippen LogP contribution in [0.25, 0.3) is 0 Å². The largest absolute Gasteiger partial charge is 0.313 e. The Morgan fingerprint density at radius 1 is 1.29 bits per heavy atom. The molecule has 2 rings (SSSR count). The van der Waals surface area contributed by atoms with Crippen molar-refractivity contribution >= 4 is 9.84 Å². The summed E-state index contributed by atoms with van der Waals surface area (Å²) in [5, 5.41) is 3.48. The fourth-order valence-corrected chi connectivity index (χ4v) is 3.34. The van der Waals surface area contributed by atoms with Crippen molar-refractivity contribution in [1.29, 1.82) is 0 Å². The Morgan fingerprint density at radius 2 is 2.06 bits per heavy atom.